The van der Waals surface area contributed by atoms with Crippen LogP contribution in [0.2, 0.25) is 0 Å². The molecule has 0 fully saturated rings. The van der Waals surface area contributed by atoms with Crippen molar-refractivity contribution in [2.45, 2.75) is 13.0 Å². The largest absolute Gasteiger partial charge is 0.467 e. The highest BCUT2D eigenvalue weighted by Crippen LogP contribution is 2.08. The first-order valence-electron chi connectivity index (χ1n) is 5.82. The van der Waals surface area contributed by atoms with Crippen molar-refractivity contribution >= 4 is 23.2 Å². The SMILES string of the molecule is O=C(CNC(=O)Cc1cccs1)NCc1ccco1. The molecule has 2 aromatic rings. The maximum absolute atomic E-state index is 11.5. The van der Waals surface area contributed by atoms with Crippen molar-refractivity contribution in [3.8, 4) is 0 Å². The Balaban J connectivity index is 1.64. The Bertz CT molecular complexity index is 520. The van der Waals surface area contributed by atoms with E-state index < -0.39 is 0 Å². The van der Waals surface area contributed by atoms with Crippen LogP contribution in [-0.2, 0) is 22.6 Å². The molecule has 6 heteroatoms. The molecule has 0 aliphatic heterocycles. The van der Waals surface area contributed by atoms with E-state index in [0.717, 1.165) is 4.88 Å². The fourth-order valence-electron chi connectivity index (χ4n) is 1.47. The summed E-state index contributed by atoms with van der Waals surface area (Å²) in [6, 6.07) is 7.31. The van der Waals surface area contributed by atoms with Gasteiger partial charge in [-0.05, 0) is 23.6 Å². The number of thiophene rings is 1. The molecule has 0 aromatic carbocycles. The third-order valence-corrected chi connectivity index (χ3v) is 3.28. The number of rotatable bonds is 6. The molecule has 5 nitrogen and oxygen atoms in total. The van der Waals surface area contributed by atoms with Crippen LogP contribution in [0.15, 0.2) is 40.3 Å². The van der Waals surface area contributed by atoms with Gasteiger partial charge in [-0.2, -0.15) is 0 Å². The van der Waals surface area contributed by atoms with E-state index >= 15 is 0 Å². The normalized spacial score (nSPS) is 10.1. The monoisotopic (exact) mass is 278 g/mol. The molecule has 100 valence electrons. The molecule has 0 aliphatic rings. The lowest BCUT2D eigenvalue weighted by Crippen LogP contribution is -2.37. The van der Waals surface area contributed by atoms with Crippen LogP contribution in [0, 0.1) is 0 Å². The van der Waals surface area contributed by atoms with Crippen LogP contribution in [0.3, 0.4) is 0 Å². The molecule has 2 heterocycles. The predicted molar refractivity (Wildman–Crippen MR) is 71.6 cm³/mol. The summed E-state index contributed by atoms with van der Waals surface area (Å²) in [4.78, 5) is 24.0. The number of nitrogens with one attached hydrogen (secondary N) is 2. The Labute approximate surface area is 114 Å². The van der Waals surface area contributed by atoms with Gasteiger partial charge in [0.25, 0.3) is 0 Å². The number of furan rings is 1. The minimum atomic E-state index is -0.240. The van der Waals surface area contributed by atoms with E-state index in [0.29, 0.717) is 18.7 Å². The highest BCUT2D eigenvalue weighted by molar-refractivity contribution is 7.10. The first-order chi connectivity index (χ1) is 9.24. The van der Waals surface area contributed by atoms with Crippen molar-refractivity contribution in [2.75, 3.05) is 6.54 Å². The van der Waals surface area contributed by atoms with Gasteiger partial charge in [0, 0.05) is 4.88 Å². The van der Waals surface area contributed by atoms with E-state index in [1.807, 2.05) is 17.5 Å². The summed E-state index contributed by atoms with van der Waals surface area (Å²) < 4.78 is 5.08. The van der Waals surface area contributed by atoms with E-state index in [1.165, 1.54) is 11.3 Å². The summed E-state index contributed by atoms with van der Waals surface area (Å²) >= 11 is 1.52. The molecular weight excluding hydrogens is 264 g/mol. The molecule has 2 N–H and O–H groups in total. The fraction of sp³-hybridized carbons (Fsp3) is 0.231. The lowest BCUT2D eigenvalue weighted by molar-refractivity contribution is -0.125. The lowest BCUT2D eigenvalue weighted by atomic mass is 10.3. The number of amides is 2. The summed E-state index contributed by atoms with van der Waals surface area (Å²) in [5, 5.41) is 7.15. The summed E-state index contributed by atoms with van der Waals surface area (Å²) in [5.74, 6) is 0.282. The molecule has 0 aliphatic carbocycles. The second-order valence-corrected chi connectivity index (χ2v) is 4.92. The molecule has 19 heavy (non-hydrogen) atoms. The van der Waals surface area contributed by atoms with Crippen LogP contribution in [-0.4, -0.2) is 18.4 Å². The first kappa shape index (κ1) is 13.4. The summed E-state index contributed by atoms with van der Waals surface area (Å²) in [7, 11) is 0. The highest BCUT2D eigenvalue weighted by Gasteiger charge is 2.07. The Morgan fingerprint density at radius 2 is 2.05 bits per heavy atom. The van der Waals surface area contributed by atoms with Gasteiger partial charge in [0.1, 0.15) is 5.76 Å². The zero-order valence-corrected chi connectivity index (χ0v) is 11.0. The van der Waals surface area contributed by atoms with Gasteiger partial charge < -0.3 is 15.1 Å². The maximum atomic E-state index is 11.5. The van der Waals surface area contributed by atoms with Crippen molar-refractivity contribution in [1.82, 2.24) is 10.6 Å². The molecule has 0 spiro atoms. The molecule has 0 unspecified atom stereocenters. The van der Waals surface area contributed by atoms with E-state index in [9.17, 15) is 9.59 Å². The molecule has 0 radical (unpaired) electrons. The number of hydrogen-bond acceptors (Lipinski definition) is 4. The van der Waals surface area contributed by atoms with Crippen LogP contribution in [0.25, 0.3) is 0 Å². The zero-order chi connectivity index (χ0) is 13.5. The summed E-state index contributed by atoms with van der Waals surface area (Å²) in [6.45, 7) is 0.303. The average molecular weight is 278 g/mol. The topological polar surface area (TPSA) is 71.3 Å². The quantitative estimate of drug-likeness (QED) is 0.837. The smallest absolute Gasteiger partial charge is 0.239 e. The van der Waals surface area contributed by atoms with Gasteiger partial charge in [-0.15, -0.1) is 11.3 Å². The van der Waals surface area contributed by atoms with Crippen LogP contribution < -0.4 is 10.6 Å². The van der Waals surface area contributed by atoms with E-state index in [1.54, 1.807) is 18.4 Å². The second kappa shape index (κ2) is 6.75. The Morgan fingerprint density at radius 3 is 2.74 bits per heavy atom. The Hall–Kier alpha value is -2.08. The predicted octanol–water partition coefficient (Wildman–Crippen LogP) is 1.32. The number of carbonyl (C=O) groups is 2. The van der Waals surface area contributed by atoms with Crippen molar-refractivity contribution in [2.24, 2.45) is 0 Å². The highest BCUT2D eigenvalue weighted by atomic mass is 32.1. The Morgan fingerprint density at radius 1 is 1.16 bits per heavy atom. The second-order valence-electron chi connectivity index (χ2n) is 3.89. The van der Waals surface area contributed by atoms with Gasteiger partial charge in [0.15, 0.2) is 0 Å². The maximum Gasteiger partial charge on any atom is 0.239 e. The fourth-order valence-corrected chi connectivity index (χ4v) is 2.18. The van der Waals surface area contributed by atoms with Crippen molar-refractivity contribution < 1.29 is 14.0 Å². The summed E-state index contributed by atoms with van der Waals surface area (Å²) in [6.07, 6.45) is 1.85. The average Bonchev–Trinajstić information content (AvgIpc) is 3.06. The number of carbonyl (C=O) groups excluding carboxylic acids is 2. The van der Waals surface area contributed by atoms with Crippen LogP contribution in [0.1, 0.15) is 10.6 Å². The van der Waals surface area contributed by atoms with Crippen LogP contribution >= 0.6 is 11.3 Å². The van der Waals surface area contributed by atoms with Gasteiger partial charge in [0.2, 0.25) is 11.8 Å². The minimum Gasteiger partial charge on any atom is -0.467 e. The molecule has 0 saturated carbocycles. The van der Waals surface area contributed by atoms with Gasteiger partial charge in [-0.25, -0.2) is 0 Å². The van der Waals surface area contributed by atoms with Gasteiger partial charge in [-0.3, -0.25) is 9.59 Å². The van der Waals surface area contributed by atoms with E-state index in [-0.39, 0.29) is 18.4 Å². The molecule has 2 rings (SSSR count). The van der Waals surface area contributed by atoms with Crippen molar-refractivity contribution in [3.05, 3.63) is 46.5 Å². The summed E-state index contributed by atoms with van der Waals surface area (Å²) in [5.41, 5.74) is 0. The van der Waals surface area contributed by atoms with Crippen molar-refractivity contribution in [1.29, 1.82) is 0 Å². The van der Waals surface area contributed by atoms with Crippen molar-refractivity contribution in [3.63, 3.8) is 0 Å². The van der Waals surface area contributed by atoms with E-state index in [2.05, 4.69) is 10.6 Å². The molecule has 2 aromatic heterocycles. The molecule has 0 bridgehead atoms. The van der Waals surface area contributed by atoms with E-state index in [4.69, 9.17) is 4.42 Å². The minimum absolute atomic E-state index is 0.0229. The third kappa shape index (κ3) is 4.59. The molecule has 2 amide bonds. The molecule has 0 atom stereocenters. The third-order valence-electron chi connectivity index (χ3n) is 2.40. The van der Waals surface area contributed by atoms with Gasteiger partial charge in [-0.1, -0.05) is 6.07 Å². The van der Waals surface area contributed by atoms with Crippen LogP contribution in [0.5, 0.6) is 0 Å². The molecule has 0 saturated heterocycles. The number of hydrogen-bond donors (Lipinski definition) is 2. The van der Waals surface area contributed by atoms with Gasteiger partial charge in [0.05, 0.1) is 25.8 Å². The van der Waals surface area contributed by atoms with Crippen LogP contribution in [0.4, 0.5) is 0 Å². The zero-order valence-electron chi connectivity index (χ0n) is 10.2. The van der Waals surface area contributed by atoms with Gasteiger partial charge >= 0.3 is 0 Å². The molecular formula is C13H14N2O3S. The Kier molecular flexibility index (Phi) is 4.74. The first-order valence-corrected chi connectivity index (χ1v) is 6.70. The lowest BCUT2D eigenvalue weighted by Gasteiger charge is -2.05. The standard InChI is InChI=1S/C13H14N2O3S/c16-12(7-11-4-2-6-19-11)15-9-13(17)14-8-10-3-1-5-18-10/h1-6H,7-9H2,(H,14,17)(H,15,16).